The van der Waals surface area contributed by atoms with Crippen molar-refractivity contribution in [3.8, 4) is 11.5 Å². The summed E-state index contributed by atoms with van der Waals surface area (Å²) >= 11 is 11.9. The van der Waals surface area contributed by atoms with Crippen molar-refractivity contribution in [1.29, 1.82) is 0 Å². The maximum atomic E-state index is 6.08. The molecule has 0 aromatic heterocycles. The van der Waals surface area contributed by atoms with Crippen LogP contribution in [-0.4, -0.2) is 19.8 Å². The molecule has 112 valence electrons. The zero-order valence-corrected chi connectivity index (χ0v) is 13.4. The van der Waals surface area contributed by atoms with E-state index in [-0.39, 0.29) is 6.10 Å². The van der Waals surface area contributed by atoms with Gasteiger partial charge in [0.2, 0.25) is 0 Å². The van der Waals surface area contributed by atoms with Gasteiger partial charge in [0.15, 0.2) is 0 Å². The van der Waals surface area contributed by atoms with E-state index in [2.05, 4.69) is 5.32 Å². The van der Waals surface area contributed by atoms with E-state index in [1.54, 1.807) is 25.3 Å². The molecule has 2 rings (SSSR count). The van der Waals surface area contributed by atoms with Crippen LogP contribution in [0.2, 0.25) is 10.0 Å². The second kappa shape index (κ2) is 7.43. The highest BCUT2D eigenvalue weighted by Gasteiger charge is 2.08. The van der Waals surface area contributed by atoms with Crippen LogP contribution in [0.5, 0.6) is 11.5 Å². The van der Waals surface area contributed by atoms with E-state index >= 15 is 0 Å². The normalized spacial score (nSPS) is 11.8. The van der Waals surface area contributed by atoms with Gasteiger partial charge in [-0.3, -0.25) is 0 Å². The summed E-state index contributed by atoms with van der Waals surface area (Å²) in [7, 11) is 1.65. The van der Waals surface area contributed by atoms with Gasteiger partial charge in [0, 0.05) is 10.7 Å². The summed E-state index contributed by atoms with van der Waals surface area (Å²) in [6, 6.07) is 12.9. The first-order valence-electron chi connectivity index (χ1n) is 6.58. The summed E-state index contributed by atoms with van der Waals surface area (Å²) in [5.74, 6) is 1.46. The number of nitrogens with one attached hydrogen (secondary N) is 1. The van der Waals surface area contributed by atoms with Gasteiger partial charge < -0.3 is 14.8 Å². The van der Waals surface area contributed by atoms with Crippen LogP contribution < -0.4 is 14.8 Å². The van der Waals surface area contributed by atoms with Crippen LogP contribution in [-0.2, 0) is 0 Å². The molecule has 0 aliphatic rings. The smallest absolute Gasteiger partial charge is 0.138 e. The van der Waals surface area contributed by atoms with Gasteiger partial charge in [0.05, 0.1) is 18.7 Å². The fourth-order valence-electron chi connectivity index (χ4n) is 1.80. The van der Waals surface area contributed by atoms with Gasteiger partial charge in [-0.2, -0.15) is 0 Å². The van der Waals surface area contributed by atoms with Crippen molar-refractivity contribution in [2.75, 3.05) is 19.0 Å². The Morgan fingerprint density at radius 1 is 1.10 bits per heavy atom. The van der Waals surface area contributed by atoms with E-state index in [1.165, 1.54) is 0 Å². The molecule has 0 amide bonds. The maximum absolute atomic E-state index is 6.08. The zero-order chi connectivity index (χ0) is 15.2. The third kappa shape index (κ3) is 4.73. The molecule has 1 atom stereocenters. The highest BCUT2D eigenvalue weighted by molar-refractivity contribution is 6.35. The van der Waals surface area contributed by atoms with Crippen molar-refractivity contribution in [1.82, 2.24) is 0 Å². The lowest BCUT2D eigenvalue weighted by atomic mass is 10.3. The molecule has 0 fully saturated rings. The van der Waals surface area contributed by atoms with Crippen molar-refractivity contribution in [3.63, 3.8) is 0 Å². The van der Waals surface area contributed by atoms with Gasteiger partial charge in [-0.1, -0.05) is 23.2 Å². The number of halogens is 2. The summed E-state index contributed by atoms with van der Waals surface area (Å²) in [4.78, 5) is 0. The molecule has 5 heteroatoms. The summed E-state index contributed by atoms with van der Waals surface area (Å²) < 4.78 is 10.9. The van der Waals surface area contributed by atoms with Gasteiger partial charge in [-0.15, -0.1) is 0 Å². The predicted molar refractivity (Wildman–Crippen MR) is 88.0 cm³/mol. The quantitative estimate of drug-likeness (QED) is 0.820. The highest BCUT2D eigenvalue weighted by Crippen LogP contribution is 2.28. The van der Waals surface area contributed by atoms with Crippen LogP contribution in [0.1, 0.15) is 6.92 Å². The van der Waals surface area contributed by atoms with E-state index in [4.69, 9.17) is 32.7 Å². The summed E-state index contributed by atoms with van der Waals surface area (Å²) in [5, 5.41) is 4.40. The molecule has 2 aromatic carbocycles. The van der Waals surface area contributed by atoms with Crippen molar-refractivity contribution in [2.24, 2.45) is 0 Å². The molecule has 1 N–H and O–H groups in total. The molecule has 0 heterocycles. The number of ether oxygens (including phenoxy) is 2. The fourth-order valence-corrected chi connectivity index (χ4v) is 2.25. The van der Waals surface area contributed by atoms with Crippen molar-refractivity contribution < 1.29 is 9.47 Å². The Labute approximate surface area is 134 Å². The van der Waals surface area contributed by atoms with Crippen LogP contribution >= 0.6 is 23.2 Å². The molecule has 0 bridgehead atoms. The molecule has 0 aliphatic heterocycles. The van der Waals surface area contributed by atoms with Gasteiger partial charge in [0.1, 0.15) is 17.6 Å². The average molecular weight is 326 g/mol. The van der Waals surface area contributed by atoms with Crippen molar-refractivity contribution >= 4 is 28.9 Å². The summed E-state index contributed by atoms with van der Waals surface area (Å²) in [6.07, 6.45) is -0.0363. The molecule has 1 unspecified atom stereocenters. The summed E-state index contributed by atoms with van der Waals surface area (Å²) in [6.45, 7) is 2.63. The minimum Gasteiger partial charge on any atom is -0.497 e. The van der Waals surface area contributed by atoms with E-state index in [9.17, 15) is 0 Å². The lowest BCUT2D eigenvalue weighted by molar-refractivity contribution is 0.235. The first-order chi connectivity index (χ1) is 10.1. The third-order valence-electron chi connectivity index (χ3n) is 2.91. The molecular weight excluding hydrogens is 309 g/mol. The second-order valence-corrected chi connectivity index (χ2v) is 5.46. The molecular formula is C16H17Cl2NO2. The van der Waals surface area contributed by atoms with E-state index in [1.807, 2.05) is 31.2 Å². The van der Waals surface area contributed by atoms with E-state index < -0.39 is 0 Å². The fraction of sp³-hybridized carbons (Fsp3) is 0.250. The molecule has 21 heavy (non-hydrogen) atoms. The molecule has 3 nitrogen and oxygen atoms in total. The molecule has 0 saturated heterocycles. The van der Waals surface area contributed by atoms with Gasteiger partial charge in [-0.05, 0) is 49.4 Å². The monoisotopic (exact) mass is 325 g/mol. The predicted octanol–water partition coefficient (Wildman–Crippen LogP) is 4.88. The SMILES string of the molecule is COc1ccc(NCC(C)Oc2ccc(Cl)cc2Cl)cc1. The number of hydrogen-bond acceptors (Lipinski definition) is 3. The minimum absolute atomic E-state index is 0.0363. The Morgan fingerprint density at radius 2 is 1.81 bits per heavy atom. The van der Waals surface area contributed by atoms with Crippen LogP contribution in [0.4, 0.5) is 5.69 Å². The third-order valence-corrected chi connectivity index (χ3v) is 3.44. The number of rotatable bonds is 6. The first kappa shape index (κ1) is 15.8. The molecule has 0 saturated carbocycles. The molecule has 0 spiro atoms. The molecule has 0 radical (unpaired) electrons. The molecule has 2 aromatic rings. The Hall–Kier alpha value is -1.58. The van der Waals surface area contributed by atoms with Gasteiger partial charge in [-0.25, -0.2) is 0 Å². The number of anilines is 1. The number of benzene rings is 2. The topological polar surface area (TPSA) is 30.5 Å². The number of hydrogen-bond donors (Lipinski definition) is 1. The van der Waals surface area contributed by atoms with Crippen molar-refractivity contribution in [3.05, 3.63) is 52.5 Å². The van der Waals surface area contributed by atoms with E-state index in [0.29, 0.717) is 22.3 Å². The zero-order valence-electron chi connectivity index (χ0n) is 11.9. The largest absolute Gasteiger partial charge is 0.497 e. The Kier molecular flexibility index (Phi) is 5.59. The lowest BCUT2D eigenvalue weighted by Gasteiger charge is -2.17. The minimum atomic E-state index is -0.0363. The number of methoxy groups -OCH3 is 1. The Bertz CT molecular complexity index is 587. The standard InChI is InChI=1S/C16H17Cl2NO2/c1-11(21-16-8-3-12(17)9-15(16)18)10-19-13-4-6-14(20-2)7-5-13/h3-9,11,19H,10H2,1-2H3. The van der Waals surface area contributed by atoms with Crippen LogP contribution in [0.15, 0.2) is 42.5 Å². The van der Waals surface area contributed by atoms with Crippen LogP contribution in [0.3, 0.4) is 0 Å². The average Bonchev–Trinajstić information content (AvgIpc) is 2.48. The summed E-state index contributed by atoms with van der Waals surface area (Å²) in [5.41, 5.74) is 1.01. The van der Waals surface area contributed by atoms with Gasteiger partial charge >= 0.3 is 0 Å². The Balaban J connectivity index is 1.87. The molecule has 0 aliphatic carbocycles. The van der Waals surface area contributed by atoms with Crippen LogP contribution in [0.25, 0.3) is 0 Å². The van der Waals surface area contributed by atoms with E-state index in [0.717, 1.165) is 11.4 Å². The van der Waals surface area contributed by atoms with Gasteiger partial charge in [0.25, 0.3) is 0 Å². The van der Waals surface area contributed by atoms with Crippen molar-refractivity contribution in [2.45, 2.75) is 13.0 Å². The Morgan fingerprint density at radius 3 is 2.43 bits per heavy atom. The van der Waals surface area contributed by atoms with Crippen LogP contribution in [0, 0.1) is 0 Å². The maximum Gasteiger partial charge on any atom is 0.138 e. The second-order valence-electron chi connectivity index (χ2n) is 4.61. The first-order valence-corrected chi connectivity index (χ1v) is 7.33. The highest BCUT2D eigenvalue weighted by atomic mass is 35.5. The lowest BCUT2D eigenvalue weighted by Crippen LogP contribution is -2.22.